The molecule has 0 saturated carbocycles. The Balaban J connectivity index is 1.69. The van der Waals surface area contributed by atoms with Crippen molar-refractivity contribution < 1.29 is 14.8 Å². The Bertz CT molecular complexity index is 1210. The third-order valence-electron chi connectivity index (χ3n) is 5.68. The zero-order valence-electron chi connectivity index (χ0n) is 19.2. The number of benzene rings is 4. The quantitative estimate of drug-likeness (QED) is 0.104. The van der Waals surface area contributed by atoms with Gasteiger partial charge in [0.15, 0.2) is 0 Å². The molecule has 4 aromatic rings. The van der Waals surface area contributed by atoms with Crippen LogP contribution in [0.25, 0.3) is 0 Å². The molecule has 1 atom stereocenters. The van der Waals surface area contributed by atoms with E-state index in [0.29, 0.717) is 4.90 Å². The first-order valence-electron chi connectivity index (χ1n) is 11.2. The van der Waals surface area contributed by atoms with E-state index in [0.717, 1.165) is 28.6 Å². The zero-order chi connectivity index (χ0) is 25.4. The molecule has 1 unspecified atom stereocenters. The Morgan fingerprint density at radius 1 is 0.806 bits per heavy atom. The number of nitrogens with zero attached hydrogens (tertiary/aromatic N) is 1. The number of nitrogens with one attached hydrogen (secondary N) is 1. The van der Waals surface area contributed by atoms with Crippen LogP contribution in [0.5, 0.6) is 0 Å². The predicted octanol–water partition coefficient (Wildman–Crippen LogP) is 6.37. The molecule has 0 heterocycles. The first kappa shape index (κ1) is 25.5. The zero-order valence-corrected chi connectivity index (χ0v) is 20.8. The van der Waals surface area contributed by atoms with Gasteiger partial charge in [0.2, 0.25) is 0 Å². The molecule has 0 radical (unpaired) electrons. The molecule has 0 bridgehead atoms. The summed E-state index contributed by atoms with van der Waals surface area (Å²) in [5, 5.41) is 21.4. The minimum absolute atomic E-state index is 0.0704. The summed E-state index contributed by atoms with van der Waals surface area (Å²) in [6, 6.07) is 35.4. The van der Waals surface area contributed by atoms with Crippen molar-refractivity contribution in [2.75, 3.05) is 5.75 Å². The van der Waals surface area contributed by atoms with Crippen molar-refractivity contribution in [2.45, 2.75) is 15.7 Å². The third-order valence-corrected chi connectivity index (χ3v) is 8.29. The molecule has 0 saturated heterocycles. The molecular weight excluding hydrogens is 492 g/mol. The predicted molar refractivity (Wildman–Crippen MR) is 145 cm³/mol. The summed E-state index contributed by atoms with van der Waals surface area (Å²) in [6.07, 6.45) is 0. The molecule has 0 aliphatic heterocycles. The highest BCUT2D eigenvalue weighted by molar-refractivity contribution is 8.01. The molecule has 36 heavy (non-hydrogen) atoms. The van der Waals surface area contributed by atoms with Crippen LogP contribution in [0.4, 0.5) is 5.69 Å². The van der Waals surface area contributed by atoms with E-state index in [1.807, 2.05) is 54.6 Å². The Hall–Kier alpha value is -3.59. The van der Waals surface area contributed by atoms with Gasteiger partial charge >= 0.3 is 5.97 Å². The number of nitro groups is 1. The fourth-order valence-electron chi connectivity index (χ4n) is 3.96. The van der Waals surface area contributed by atoms with Gasteiger partial charge in [-0.05, 0) is 34.7 Å². The molecule has 4 rings (SSSR count). The van der Waals surface area contributed by atoms with Crippen molar-refractivity contribution in [2.24, 2.45) is 0 Å². The van der Waals surface area contributed by atoms with Crippen LogP contribution in [0, 0.1) is 10.1 Å². The van der Waals surface area contributed by atoms with Crippen LogP contribution in [0.1, 0.15) is 16.7 Å². The van der Waals surface area contributed by atoms with E-state index in [4.69, 9.17) is 0 Å². The third kappa shape index (κ3) is 5.62. The number of carboxylic acids is 1. The van der Waals surface area contributed by atoms with E-state index >= 15 is 0 Å². The number of carboxylic acid groups (broad SMARTS) is 1. The number of carbonyl (C=O) groups is 1. The van der Waals surface area contributed by atoms with Crippen molar-refractivity contribution in [3.63, 3.8) is 0 Å². The standard InChI is InChI=1S/C28H24N2O4S2/c31-27(32)24(29-36-26-19-11-10-18-25(26)30(33)34)20-35-28(21-12-4-1-5-13-21,22-14-6-2-7-15-22)23-16-8-3-9-17-23/h1-19,24,29H,20H2,(H,31,32). The Kier molecular flexibility index (Phi) is 8.43. The van der Waals surface area contributed by atoms with Crippen LogP contribution < -0.4 is 4.72 Å². The average Bonchev–Trinajstić information content (AvgIpc) is 2.92. The first-order valence-corrected chi connectivity index (χ1v) is 13.0. The van der Waals surface area contributed by atoms with E-state index in [1.165, 1.54) is 17.8 Å². The second-order valence-electron chi connectivity index (χ2n) is 7.93. The average molecular weight is 517 g/mol. The number of aliphatic carboxylic acids is 1. The van der Waals surface area contributed by atoms with E-state index in [1.54, 1.807) is 18.2 Å². The van der Waals surface area contributed by atoms with Crippen LogP contribution in [0.15, 0.2) is 120 Å². The van der Waals surface area contributed by atoms with E-state index in [9.17, 15) is 20.0 Å². The van der Waals surface area contributed by atoms with E-state index in [-0.39, 0.29) is 11.4 Å². The van der Waals surface area contributed by atoms with Crippen molar-refractivity contribution in [1.82, 2.24) is 4.72 Å². The maximum Gasteiger partial charge on any atom is 0.322 e. The lowest BCUT2D eigenvalue weighted by Gasteiger charge is -2.36. The van der Waals surface area contributed by atoms with Gasteiger partial charge in [-0.1, -0.05) is 103 Å². The maximum atomic E-state index is 12.2. The van der Waals surface area contributed by atoms with Gasteiger partial charge in [0.1, 0.15) is 10.9 Å². The van der Waals surface area contributed by atoms with Gasteiger partial charge in [-0.2, -0.15) is 0 Å². The molecule has 0 spiro atoms. The summed E-state index contributed by atoms with van der Waals surface area (Å²) >= 11 is 2.48. The van der Waals surface area contributed by atoms with Gasteiger partial charge in [-0.25, -0.2) is 4.72 Å². The normalized spacial score (nSPS) is 12.1. The van der Waals surface area contributed by atoms with E-state index < -0.39 is 21.7 Å². The molecule has 0 aliphatic carbocycles. The number of nitro benzene ring substituents is 1. The lowest BCUT2D eigenvalue weighted by atomic mass is 9.84. The van der Waals surface area contributed by atoms with Gasteiger partial charge in [-0.3, -0.25) is 14.9 Å². The molecule has 0 fully saturated rings. The van der Waals surface area contributed by atoms with Crippen molar-refractivity contribution in [3.8, 4) is 0 Å². The minimum Gasteiger partial charge on any atom is -0.480 e. The van der Waals surface area contributed by atoms with Gasteiger partial charge in [0, 0.05) is 11.8 Å². The first-order chi connectivity index (χ1) is 17.5. The van der Waals surface area contributed by atoms with Crippen LogP contribution >= 0.6 is 23.7 Å². The van der Waals surface area contributed by atoms with Crippen molar-refractivity contribution >= 4 is 35.4 Å². The summed E-state index contributed by atoms with van der Waals surface area (Å²) in [4.78, 5) is 23.5. The fraction of sp³-hybridized carbons (Fsp3) is 0.107. The smallest absolute Gasteiger partial charge is 0.322 e. The number of hydrogen-bond acceptors (Lipinski definition) is 6. The molecule has 182 valence electrons. The molecule has 4 aromatic carbocycles. The van der Waals surface area contributed by atoms with Gasteiger partial charge in [0.25, 0.3) is 5.69 Å². The van der Waals surface area contributed by atoms with Crippen molar-refractivity contribution in [1.29, 1.82) is 0 Å². The molecule has 8 heteroatoms. The lowest BCUT2D eigenvalue weighted by Crippen LogP contribution is -2.37. The molecule has 2 N–H and O–H groups in total. The highest BCUT2D eigenvalue weighted by Gasteiger charge is 2.38. The Labute approximate surface area is 218 Å². The Morgan fingerprint density at radius 2 is 1.25 bits per heavy atom. The number of para-hydroxylation sites is 1. The number of rotatable bonds is 11. The summed E-state index contributed by atoms with van der Waals surface area (Å²) < 4.78 is 2.29. The Morgan fingerprint density at radius 3 is 1.69 bits per heavy atom. The van der Waals surface area contributed by atoms with Gasteiger partial charge in [-0.15, -0.1) is 11.8 Å². The largest absolute Gasteiger partial charge is 0.480 e. The highest BCUT2D eigenvalue weighted by atomic mass is 32.2. The highest BCUT2D eigenvalue weighted by Crippen LogP contribution is 2.48. The lowest BCUT2D eigenvalue weighted by molar-refractivity contribution is -0.387. The minimum atomic E-state index is -1.03. The summed E-state index contributed by atoms with van der Waals surface area (Å²) in [5.74, 6) is -0.821. The van der Waals surface area contributed by atoms with E-state index in [2.05, 4.69) is 41.1 Å². The van der Waals surface area contributed by atoms with Crippen LogP contribution in [0.3, 0.4) is 0 Å². The monoisotopic (exact) mass is 516 g/mol. The maximum absolute atomic E-state index is 12.2. The van der Waals surface area contributed by atoms with Gasteiger partial charge in [0.05, 0.1) is 9.67 Å². The fourth-order valence-corrected chi connectivity index (χ4v) is 6.47. The molecule has 6 nitrogen and oxygen atoms in total. The number of hydrogen-bond donors (Lipinski definition) is 2. The van der Waals surface area contributed by atoms with Gasteiger partial charge < -0.3 is 5.11 Å². The molecular formula is C28H24N2O4S2. The second kappa shape index (κ2) is 11.9. The molecule has 0 aliphatic rings. The van der Waals surface area contributed by atoms with Crippen molar-refractivity contribution in [3.05, 3.63) is 142 Å². The summed E-state index contributed by atoms with van der Waals surface area (Å²) in [6.45, 7) is 0. The summed E-state index contributed by atoms with van der Waals surface area (Å²) in [5.41, 5.74) is 3.02. The SMILES string of the molecule is O=C(O)C(CSC(c1ccccc1)(c1ccccc1)c1ccccc1)NSc1ccccc1[N+](=O)[O-]. The van der Waals surface area contributed by atoms with Crippen LogP contribution in [-0.4, -0.2) is 27.8 Å². The number of thioether (sulfide) groups is 1. The second-order valence-corrected chi connectivity index (χ2v) is 10.0. The van der Waals surface area contributed by atoms with Crippen LogP contribution in [-0.2, 0) is 9.54 Å². The molecule has 0 amide bonds. The summed E-state index contributed by atoms with van der Waals surface area (Å²) in [7, 11) is 0. The topological polar surface area (TPSA) is 92.5 Å². The molecule has 0 aromatic heterocycles. The van der Waals surface area contributed by atoms with Crippen LogP contribution in [0.2, 0.25) is 0 Å².